The number of nitrogens with two attached hydrogens (primary N) is 1. The van der Waals surface area contributed by atoms with Crippen LogP contribution in [-0.4, -0.2) is 42.8 Å². The van der Waals surface area contributed by atoms with Crippen molar-refractivity contribution in [3.8, 4) is 0 Å². The molecule has 0 amide bonds. The average Bonchev–Trinajstić information content (AvgIpc) is 2.56. The second-order valence-corrected chi connectivity index (χ2v) is 5.73. The third kappa shape index (κ3) is 4.40. The van der Waals surface area contributed by atoms with Gasteiger partial charge in [0.05, 0.1) is 11.7 Å². The summed E-state index contributed by atoms with van der Waals surface area (Å²) < 4.78 is 6.02. The van der Waals surface area contributed by atoms with Crippen LogP contribution in [0.25, 0.3) is 0 Å². The van der Waals surface area contributed by atoms with Crippen molar-refractivity contribution in [2.45, 2.75) is 52.2 Å². The summed E-state index contributed by atoms with van der Waals surface area (Å²) in [6.45, 7) is 12.8. The van der Waals surface area contributed by atoms with E-state index in [1.165, 1.54) is 12.8 Å². The maximum absolute atomic E-state index is 6.02. The normalized spacial score (nSPS) is 26.2. The van der Waals surface area contributed by atoms with E-state index in [4.69, 9.17) is 10.5 Å². The first-order chi connectivity index (χ1) is 7.46. The Morgan fingerprint density at radius 1 is 1.50 bits per heavy atom. The van der Waals surface area contributed by atoms with Gasteiger partial charge in [-0.2, -0.15) is 0 Å². The summed E-state index contributed by atoms with van der Waals surface area (Å²) in [7, 11) is 0. The zero-order valence-corrected chi connectivity index (χ0v) is 11.3. The standard InChI is InChI=1S/C13H28N2O/c1-5-15(9-11(2)8-14)10-12-6-7-13(3,4)16-12/h11-12H,5-10,14H2,1-4H3. The van der Waals surface area contributed by atoms with E-state index in [9.17, 15) is 0 Å². The molecule has 1 heterocycles. The van der Waals surface area contributed by atoms with Gasteiger partial charge in [0.25, 0.3) is 0 Å². The third-order valence-corrected chi connectivity index (χ3v) is 3.44. The SMILES string of the molecule is CCN(CC(C)CN)CC1CCC(C)(C)O1. The summed E-state index contributed by atoms with van der Waals surface area (Å²) >= 11 is 0. The molecule has 0 radical (unpaired) electrons. The Balaban J connectivity index is 2.34. The fraction of sp³-hybridized carbons (Fsp3) is 1.00. The highest BCUT2D eigenvalue weighted by atomic mass is 16.5. The summed E-state index contributed by atoms with van der Waals surface area (Å²) in [4.78, 5) is 2.46. The zero-order valence-electron chi connectivity index (χ0n) is 11.3. The predicted molar refractivity (Wildman–Crippen MR) is 68.5 cm³/mol. The molecule has 1 fully saturated rings. The Morgan fingerprint density at radius 3 is 2.62 bits per heavy atom. The van der Waals surface area contributed by atoms with Gasteiger partial charge in [0.15, 0.2) is 0 Å². The van der Waals surface area contributed by atoms with E-state index >= 15 is 0 Å². The van der Waals surface area contributed by atoms with Gasteiger partial charge in [-0.1, -0.05) is 13.8 Å². The molecule has 0 aromatic rings. The molecule has 3 nitrogen and oxygen atoms in total. The highest BCUT2D eigenvalue weighted by molar-refractivity contribution is 4.82. The van der Waals surface area contributed by atoms with Crippen molar-refractivity contribution >= 4 is 0 Å². The minimum absolute atomic E-state index is 0.0869. The first-order valence-corrected chi connectivity index (χ1v) is 6.57. The molecule has 0 aromatic heterocycles. The maximum atomic E-state index is 6.02. The van der Waals surface area contributed by atoms with Gasteiger partial charge in [-0.15, -0.1) is 0 Å². The van der Waals surface area contributed by atoms with Gasteiger partial charge in [0.1, 0.15) is 0 Å². The molecule has 1 saturated heterocycles. The van der Waals surface area contributed by atoms with Crippen molar-refractivity contribution in [1.29, 1.82) is 0 Å². The average molecular weight is 228 g/mol. The van der Waals surface area contributed by atoms with Gasteiger partial charge in [-0.05, 0) is 45.7 Å². The summed E-state index contributed by atoms with van der Waals surface area (Å²) in [5, 5.41) is 0. The number of likely N-dealkylation sites (N-methyl/N-ethyl adjacent to an activating group) is 1. The minimum Gasteiger partial charge on any atom is -0.371 e. The van der Waals surface area contributed by atoms with Crippen LogP contribution in [0, 0.1) is 5.92 Å². The topological polar surface area (TPSA) is 38.5 Å². The van der Waals surface area contributed by atoms with Crippen LogP contribution in [0.15, 0.2) is 0 Å². The molecule has 0 saturated carbocycles. The molecule has 1 rings (SSSR count). The van der Waals surface area contributed by atoms with Crippen molar-refractivity contribution in [3.05, 3.63) is 0 Å². The van der Waals surface area contributed by atoms with Gasteiger partial charge >= 0.3 is 0 Å². The lowest BCUT2D eigenvalue weighted by Crippen LogP contribution is -2.37. The molecule has 2 N–H and O–H groups in total. The molecule has 2 atom stereocenters. The second-order valence-electron chi connectivity index (χ2n) is 5.73. The van der Waals surface area contributed by atoms with E-state index < -0.39 is 0 Å². The lowest BCUT2D eigenvalue weighted by Gasteiger charge is -2.27. The van der Waals surface area contributed by atoms with Crippen LogP contribution >= 0.6 is 0 Å². The maximum Gasteiger partial charge on any atom is 0.0710 e. The molecule has 0 spiro atoms. The van der Waals surface area contributed by atoms with Gasteiger partial charge in [0, 0.05) is 13.1 Å². The molecular weight excluding hydrogens is 200 g/mol. The van der Waals surface area contributed by atoms with E-state index in [1.807, 2.05) is 0 Å². The van der Waals surface area contributed by atoms with Gasteiger partial charge < -0.3 is 15.4 Å². The molecular formula is C13H28N2O. The Kier molecular flexibility index (Phi) is 5.22. The Morgan fingerprint density at radius 2 is 2.19 bits per heavy atom. The molecule has 1 aliphatic heterocycles. The van der Waals surface area contributed by atoms with Crippen molar-refractivity contribution < 1.29 is 4.74 Å². The Bertz CT molecular complexity index is 206. The van der Waals surface area contributed by atoms with Crippen LogP contribution in [0.5, 0.6) is 0 Å². The predicted octanol–water partition coefficient (Wildman–Crippen LogP) is 1.86. The highest BCUT2D eigenvalue weighted by Crippen LogP contribution is 2.29. The lowest BCUT2D eigenvalue weighted by molar-refractivity contribution is -0.0292. The first-order valence-electron chi connectivity index (χ1n) is 6.57. The quantitative estimate of drug-likeness (QED) is 0.754. The minimum atomic E-state index is 0.0869. The molecule has 3 heteroatoms. The first kappa shape index (κ1) is 13.9. The lowest BCUT2D eigenvalue weighted by atomic mass is 10.1. The molecule has 2 unspecified atom stereocenters. The molecule has 0 bridgehead atoms. The van der Waals surface area contributed by atoms with Crippen molar-refractivity contribution in [1.82, 2.24) is 4.90 Å². The Labute approximate surface area is 100 Å². The summed E-state index contributed by atoms with van der Waals surface area (Å²) in [5.41, 5.74) is 5.76. The van der Waals surface area contributed by atoms with Crippen LogP contribution in [0.4, 0.5) is 0 Å². The molecule has 0 aromatic carbocycles. The monoisotopic (exact) mass is 228 g/mol. The smallest absolute Gasteiger partial charge is 0.0710 e. The van der Waals surface area contributed by atoms with Crippen LogP contribution in [-0.2, 0) is 4.74 Å². The second kappa shape index (κ2) is 5.99. The van der Waals surface area contributed by atoms with Gasteiger partial charge in [-0.3, -0.25) is 0 Å². The van der Waals surface area contributed by atoms with E-state index in [2.05, 4.69) is 32.6 Å². The summed E-state index contributed by atoms with van der Waals surface area (Å²) in [6, 6.07) is 0. The van der Waals surface area contributed by atoms with Crippen molar-refractivity contribution in [2.24, 2.45) is 11.7 Å². The van der Waals surface area contributed by atoms with E-state index in [1.54, 1.807) is 0 Å². The van der Waals surface area contributed by atoms with Gasteiger partial charge in [-0.25, -0.2) is 0 Å². The fourth-order valence-electron chi connectivity index (χ4n) is 2.34. The molecule has 1 aliphatic rings. The zero-order chi connectivity index (χ0) is 12.2. The third-order valence-electron chi connectivity index (χ3n) is 3.44. The van der Waals surface area contributed by atoms with E-state index in [0.29, 0.717) is 12.0 Å². The molecule has 16 heavy (non-hydrogen) atoms. The number of hydrogen-bond acceptors (Lipinski definition) is 3. The molecule has 96 valence electrons. The molecule has 0 aliphatic carbocycles. The van der Waals surface area contributed by atoms with Crippen LogP contribution in [0.1, 0.15) is 40.5 Å². The number of nitrogens with zero attached hydrogens (tertiary/aromatic N) is 1. The largest absolute Gasteiger partial charge is 0.371 e. The van der Waals surface area contributed by atoms with Crippen LogP contribution in [0.3, 0.4) is 0 Å². The fourth-order valence-corrected chi connectivity index (χ4v) is 2.34. The number of ether oxygens (including phenoxy) is 1. The van der Waals surface area contributed by atoms with Crippen molar-refractivity contribution in [2.75, 3.05) is 26.2 Å². The van der Waals surface area contributed by atoms with E-state index in [0.717, 1.165) is 26.2 Å². The number of rotatable bonds is 6. The van der Waals surface area contributed by atoms with Crippen LogP contribution < -0.4 is 5.73 Å². The summed E-state index contributed by atoms with van der Waals surface area (Å²) in [5.74, 6) is 0.578. The number of hydrogen-bond donors (Lipinski definition) is 1. The Hall–Kier alpha value is -0.120. The van der Waals surface area contributed by atoms with Crippen LogP contribution in [0.2, 0.25) is 0 Å². The summed E-state index contributed by atoms with van der Waals surface area (Å²) in [6.07, 6.45) is 2.79. The van der Waals surface area contributed by atoms with Gasteiger partial charge in [0.2, 0.25) is 0 Å². The van der Waals surface area contributed by atoms with E-state index in [-0.39, 0.29) is 5.60 Å². The van der Waals surface area contributed by atoms with Crippen molar-refractivity contribution in [3.63, 3.8) is 0 Å². The highest BCUT2D eigenvalue weighted by Gasteiger charge is 2.32.